The van der Waals surface area contributed by atoms with E-state index >= 15 is 0 Å². The predicted octanol–water partition coefficient (Wildman–Crippen LogP) is 4.14. The molecule has 24 heavy (non-hydrogen) atoms. The van der Waals surface area contributed by atoms with Crippen LogP contribution in [0.5, 0.6) is 5.75 Å². The lowest BCUT2D eigenvalue weighted by Gasteiger charge is -2.07. The zero-order valence-electron chi connectivity index (χ0n) is 13.2. The maximum Gasteiger partial charge on any atom is 0.319 e. The van der Waals surface area contributed by atoms with E-state index in [-0.39, 0.29) is 6.03 Å². The molecule has 0 saturated heterocycles. The van der Waals surface area contributed by atoms with Gasteiger partial charge in [-0.05, 0) is 24.3 Å². The third kappa shape index (κ3) is 4.11. The number of aromatic nitrogens is 1. The highest BCUT2D eigenvalue weighted by Gasteiger charge is 2.06. The van der Waals surface area contributed by atoms with Gasteiger partial charge in [0, 0.05) is 16.6 Å². The van der Waals surface area contributed by atoms with Gasteiger partial charge >= 0.3 is 6.03 Å². The van der Waals surface area contributed by atoms with Gasteiger partial charge in [0.1, 0.15) is 10.8 Å². The summed E-state index contributed by atoms with van der Waals surface area (Å²) >= 11 is 1.53. The average Bonchev–Trinajstić information content (AvgIpc) is 3.10. The molecule has 0 fully saturated rings. The molecule has 1 aromatic heterocycles. The first-order valence-corrected chi connectivity index (χ1v) is 8.31. The molecule has 1 heterocycles. The van der Waals surface area contributed by atoms with Gasteiger partial charge in [-0.1, -0.05) is 30.3 Å². The molecule has 5 nitrogen and oxygen atoms in total. The Balaban J connectivity index is 1.53. The molecule has 0 aliphatic carbocycles. The molecule has 0 atom stereocenters. The number of hydrogen-bond acceptors (Lipinski definition) is 4. The molecule has 0 aliphatic rings. The Kier molecular flexibility index (Phi) is 5.08. The van der Waals surface area contributed by atoms with Gasteiger partial charge in [-0.3, -0.25) is 0 Å². The molecule has 2 amide bonds. The minimum absolute atomic E-state index is 0.267. The summed E-state index contributed by atoms with van der Waals surface area (Å²) in [4.78, 5) is 16.5. The molecule has 6 heteroatoms. The summed E-state index contributed by atoms with van der Waals surface area (Å²) in [6, 6.07) is 16.9. The standard InChI is InChI=1S/C18H17N3O2S/c1-23-15-9-7-14(8-10-15)20-18(22)19-11-17-21-16(12-24-17)13-5-3-2-4-6-13/h2-10,12H,11H2,1H3,(H2,19,20,22). The number of hydrogen-bond donors (Lipinski definition) is 2. The smallest absolute Gasteiger partial charge is 0.319 e. The van der Waals surface area contributed by atoms with E-state index < -0.39 is 0 Å². The van der Waals surface area contributed by atoms with Crippen LogP contribution >= 0.6 is 11.3 Å². The number of urea groups is 1. The number of rotatable bonds is 5. The molecular formula is C18H17N3O2S. The number of nitrogens with one attached hydrogen (secondary N) is 2. The number of benzene rings is 2. The fraction of sp³-hybridized carbons (Fsp3) is 0.111. The molecular weight excluding hydrogens is 322 g/mol. The molecule has 3 rings (SSSR count). The summed E-state index contributed by atoms with van der Waals surface area (Å²) in [5.74, 6) is 0.747. The summed E-state index contributed by atoms with van der Waals surface area (Å²) in [7, 11) is 1.60. The second-order valence-corrected chi connectivity index (χ2v) is 5.97. The van der Waals surface area contributed by atoms with Gasteiger partial charge in [0.15, 0.2) is 0 Å². The number of anilines is 1. The van der Waals surface area contributed by atoms with E-state index in [9.17, 15) is 4.79 Å². The van der Waals surface area contributed by atoms with Gasteiger partial charge in [-0.25, -0.2) is 9.78 Å². The lowest BCUT2D eigenvalue weighted by molar-refractivity contribution is 0.251. The van der Waals surface area contributed by atoms with Crippen molar-refractivity contribution in [3.63, 3.8) is 0 Å². The summed E-state index contributed by atoms with van der Waals surface area (Å²) in [6.07, 6.45) is 0. The molecule has 0 saturated carbocycles. The van der Waals surface area contributed by atoms with E-state index in [4.69, 9.17) is 4.74 Å². The fourth-order valence-electron chi connectivity index (χ4n) is 2.14. The molecule has 0 bridgehead atoms. The van der Waals surface area contributed by atoms with Crippen LogP contribution in [0.3, 0.4) is 0 Å². The second kappa shape index (κ2) is 7.61. The highest BCUT2D eigenvalue weighted by atomic mass is 32.1. The van der Waals surface area contributed by atoms with Crippen LogP contribution < -0.4 is 15.4 Å². The third-order valence-electron chi connectivity index (χ3n) is 3.37. The van der Waals surface area contributed by atoms with E-state index in [1.165, 1.54) is 11.3 Å². The van der Waals surface area contributed by atoms with Crippen molar-refractivity contribution >= 4 is 23.1 Å². The van der Waals surface area contributed by atoms with Crippen molar-refractivity contribution in [1.82, 2.24) is 10.3 Å². The minimum Gasteiger partial charge on any atom is -0.497 e. The number of thiazole rings is 1. The van der Waals surface area contributed by atoms with Crippen LogP contribution in [0, 0.1) is 0 Å². The molecule has 0 aliphatic heterocycles. The molecule has 0 unspecified atom stereocenters. The van der Waals surface area contributed by atoms with Gasteiger partial charge in [0.05, 0.1) is 19.3 Å². The molecule has 0 spiro atoms. The predicted molar refractivity (Wildman–Crippen MR) is 96.4 cm³/mol. The number of ether oxygens (including phenoxy) is 1. The molecule has 3 aromatic rings. The van der Waals surface area contributed by atoms with Crippen molar-refractivity contribution < 1.29 is 9.53 Å². The lowest BCUT2D eigenvalue weighted by atomic mass is 10.2. The van der Waals surface area contributed by atoms with Gasteiger partial charge in [0.2, 0.25) is 0 Å². The minimum atomic E-state index is -0.267. The molecule has 2 aromatic carbocycles. The van der Waals surface area contributed by atoms with Crippen LogP contribution in [0.1, 0.15) is 5.01 Å². The fourth-order valence-corrected chi connectivity index (χ4v) is 2.88. The van der Waals surface area contributed by atoms with E-state index in [0.717, 1.165) is 22.0 Å². The van der Waals surface area contributed by atoms with Gasteiger partial charge in [-0.15, -0.1) is 11.3 Å². The highest BCUT2D eigenvalue weighted by Crippen LogP contribution is 2.21. The van der Waals surface area contributed by atoms with E-state index in [1.54, 1.807) is 31.4 Å². The summed E-state index contributed by atoms with van der Waals surface area (Å²) in [5.41, 5.74) is 2.70. The van der Waals surface area contributed by atoms with Gasteiger partial charge in [-0.2, -0.15) is 0 Å². The highest BCUT2D eigenvalue weighted by molar-refractivity contribution is 7.09. The van der Waals surface area contributed by atoms with Gasteiger partial charge in [0.25, 0.3) is 0 Å². The van der Waals surface area contributed by atoms with Gasteiger partial charge < -0.3 is 15.4 Å². The maximum atomic E-state index is 11.9. The first-order chi connectivity index (χ1) is 11.7. The Bertz CT molecular complexity index is 801. The monoisotopic (exact) mass is 339 g/mol. The summed E-state index contributed by atoms with van der Waals surface area (Å²) in [5, 5.41) is 8.43. The van der Waals surface area contributed by atoms with Crippen molar-refractivity contribution in [3.05, 3.63) is 65.0 Å². The largest absolute Gasteiger partial charge is 0.497 e. The summed E-state index contributed by atoms with van der Waals surface area (Å²) < 4.78 is 5.08. The van der Waals surface area contributed by atoms with Crippen molar-refractivity contribution in [3.8, 4) is 17.0 Å². The zero-order valence-corrected chi connectivity index (χ0v) is 14.0. The van der Waals surface area contributed by atoms with Crippen LogP contribution in [-0.4, -0.2) is 18.1 Å². The second-order valence-electron chi connectivity index (χ2n) is 5.03. The number of methoxy groups -OCH3 is 1. The number of carbonyl (C=O) groups is 1. The van der Waals surface area contributed by atoms with Crippen molar-refractivity contribution in [2.45, 2.75) is 6.54 Å². The van der Waals surface area contributed by atoms with E-state index in [1.807, 2.05) is 35.7 Å². The van der Waals surface area contributed by atoms with Crippen LogP contribution in [-0.2, 0) is 6.54 Å². The van der Waals surface area contributed by atoms with Crippen molar-refractivity contribution in [2.75, 3.05) is 12.4 Å². The Hall–Kier alpha value is -2.86. The van der Waals surface area contributed by atoms with Crippen molar-refractivity contribution in [2.24, 2.45) is 0 Å². The lowest BCUT2D eigenvalue weighted by Crippen LogP contribution is -2.28. The number of carbonyl (C=O) groups excluding carboxylic acids is 1. The topological polar surface area (TPSA) is 63.2 Å². The van der Waals surface area contributed by atoms with Crippen LogP contribution in [0.15, 0.2) is 60.0 Å². The number of amides is 2. The Morgan fingerprint density at radius 2 is 1.88 bits per heavy atom. The van der Waals surface area contributed by atoms with E-state index in [2.05, 4.69) is 15.6 Å². The van der Waals surface area contributed by atoms with Crippen LogP contribution in [0.25, 0.3) is 11.3 Å². The molecule has 0 radical (unpaired) electrons. The normalized spacial score (nSPS) is 10.2. The number of nitrogens with zero attached hydrogens (tertiary/aromatic N) is 1. The van der Waals surface area contributed by atoms with Crippen LogP contribution in [0.4, 0.5) is 10.5 Å². The average molecular weight is 339 g/mol. The molecule has 2 N–H and O–H groups in total. The SMILES string of the molecule is COc1ccc(NC(=O)NCc2nc(-c3ccccc3)cs2)cc1. The molecule has 122 valence electrons. The first kappa shape index (κ1) is 16.0. The van der Waals surface area contributed by atoms with Crippen LogP contribution in [0.2, 0.25) is 0 Å². The Morgan fingerprint density at radius 1 is 1.12 bits per heavy atom. The Labute approximate surface area is 144 Å². The first-order valence-electron chi connectivity index (χ1n) is 7.43. The Morgan fingerprint density at radius 3 is 2.58 bits per heavy atom. The maximum absolute atomic E-state index is 11.9. The summed E-state index contributed by atoms with van der Waals surface area (Å²) in [6.45, 7) is 0.388. The van der Waals surface area contributed by atoms with E-state index in [0.29, 0.717) is 12.2 Å². The zero-order chi connectivity index (χ0) is 16.8. The quantitative estimate of drug-likeness (QED) is 0.734. The third-order valence-corrected chi connectivity index (χ3v) is 4.22. The van der Waals surface area contributed by atoms with Crippen molar-refractivity contribution in [1.29, 1.82) is 0 Å².